The zero-order valence-corrected chi connectivity index (χ0v) is 12.3. The summed E-state index contributed by atoms with van der Waals surface area (Å²) in [4.78, 5) is 42.6. The molecule has 10 heteroatoms. The molecule has 0 unspecified atom stereocenters. The monoisotopic (exact) mass is 325 g/mol. The smallest absolute Gasteiger partial charge is 0.305 e. The highest BCUT2D eigenvalue weighted by Gasteiger charge is 2.19. The number of hydrogen-bond donors (Lipinski definition) is 1. The summed E-state index contributed by atoms with van der Waals surface area (Å²) in [7, 11) is 1.25. The average Bonchev–Trinajstić information content (AvgIpc) is 2.52. The van der Waals surface area contributed by atoms with Gasteiger partial charge < -0.3 is 10.1 Å². The first-order valence-corrected chi connectivity index (χ1v) is 6.60. The molecule has 0 aliphatic rings. The van der Waals surface area contributed by atoms with Crippen molar-refractivity contribution in [2.45, 2.75) is 25.8 Å². The zero-order chi connectivity index (χ0) is 17.4. The van der Waals surface area contributed by atoms with Crippen molar-refractivity contribution < 1.29 is 24.2 Å². The summed E-state index contributed by atoms with van der Waals surface area (Å²) in [5, 5.41) is 24.0. The lowest BCUT2D eigenvalue weighted by Gasteiger charge is -2.06. The van der Waals surface area contributed by atoms with Crippen LogP contribution in [0.1, 0.15) is 24.8 Å². The van der Waals surface area contributed by atoms with Crippen molar-refractivity contribution in [1.29, 1.82) is 0 Å². The molecule has 0 heterocycles. The molecule has 0 fully saturated rings. The van der Waals surface area contributed by atoms with Gasteiger partial charge in [-0.05, 0) is 12.5 Å². The molecule has 0 aliphatic heterocycles. The van der Waals surface area contributed by atoms with Crippen LogP contribution in [0, 0.1) is 20.2 Å². The summed E-state index contributed by atoms with van der Waals surface area (Å²) in [6, 6.07) is 3.20. The van der Waals surface area contributed by atoms with E-state index in [1.807, 2.05) is 0 Å². The predicted octanol–water partition coefficient (Wildman–Crippen LogP) is 1.46. The van der Waals surface area contributed by atoms with Gasteiger partial charge in [-0.2, -0.15) is 0 Å². The van der Waals surface area contributed by atoms with Gasteiger partial charge in [0.05, 0.1) is 23.0 Å². The standard InChI is InChI=1S/C13H15N3O7/c1-23-13(18)4-2-3-12(17)14-8-9-5-6-10(15(19)20)7-11(9)16(21)22/h5-7H,2-4,8H2,1H3,(H,14,17). The van der Waals surface area contributed by atoms with Crippen LogP contribution in [0.4, 0.5) is 11.4 Å². The second kappa shape index (κ2) is 8.41. The summed E-state index contributed by atoms with van der Waals surface area (Å²) in [6.07, 6.45) is 0.457. The molecule has 0 saturated heterocycles. The number of nitro groups is 2. The Hall–Kier alpha value is -3.04. The molecule has 0 spiro atoms. The Kier molecular flexibility index (Phi) is 6.59. The average molecular weight is 325 g/mol. The maximum absolute atomic E-state index is 11.6. The number of nitro benzene ring substituents is 2. The van der Waals surface area contributed by atoms with Gasteiger partial charge >= 0.3 is 5.97 Å². The third-order valence-corrected chi connectivity index (χ3v) is 2.96. The van der Waals surface area contributed by atoms with E-state index in [4.69, 9.17) is 0 Å². The van der Waals surface area contributed by atoms with E-state index in [9.17, 15) is 29.8 Å². The number of nitrogens with zero attached hydrogens (tertiary/aromatic N) is 2. The van der Waals surface area contributed by atoms with E-state index >= 15 is 0 Å². The summed E-state index contributed by atoms with van der Waals surface area (Å²) in [5.74, 6) is -0.814. The minimum atomic E-state index is -0.744. The third-order valence-electron chi connectivity index (χ3n) is 2.96. The Morgan fingerprint density at radius 1 is 1.17 bits per heavy atom. The molecule has 0 saturated carbocycles. The molecule has 1 aromatic carbocycles. The summed E-state index contributed by atoms with van der Waals surface area (Å²) in [5.41, 5.74) is -0.680. The van der Waals surface area contributed by atoms with Crippen molar-refractivity contribution in [1.82, 2.24) is 5.32 Å². The molecular formula is C13H15N3O7. The molecule has 0 aromatic heterocycles. The van der Waals surface area contributed by atoms with Crippen molar-refractivity contribution in [2.75, 3.05) is 7.11 Å². The maximum atomic E-state index is 11.6. The van der Waals surface area contributed by atoms with Gasteiger partial charge in [-0.3, -0.25) is 29.8 Å². The van der Waals surface area contributed by atoms with E-state index in [1.54, 1.807) is 0 Å². The molecule has 0 atom stereocenters. The van der Waals surface area contributed by atoms with Crippen LogP contribution in [-0.2, 0) is 20.9 Å². The van der Waals surface area contributed by atoms with E-state index in [-0.39, 0.29) is 30.9 Å². The molecule has 0 aliphatic carbocycles. The van der Waals surface area contributed by atoms with Gasteiger partial charge in [-0.15, -0.1) is 0 Å². The van der Waals surface area contributed by atoms with Gasteiger partial charge in [0.2, 0.25) is 5.91 Å². The van der Waals surface area contributed by atoms with Crippen molar-refractivity contribution in [3.8, 4) is 0 Å². The lowest BCUT2D eigenvalue weighted by Crippen LogP contribution is -2.23. The second-order valence-corrected chi connectivity index (χ2v) is 4.53. The number of methoxy groups -OCH3 is 1. The molecule has 124 valence electrons. The second-order valence-electron chi connectivity index (χ2n) is 4.53. The quantitative estimate of drug-likeness (QED) is 0.433. The fourth-order valence-corrected chi connectivity index (χ4v) is 1.76. The fraction of sp³-hybridized carbons (Fsp3) is 0.385. The highest BCUT2D eigenvalue weighted by Crippen LogP contribution is 2.24. The number of esters is 1. The van der Waals surface area contributed by atoms with E-state index in [0.29, 0.717) is 6.42 Å². The number of non-ortho nitro benzene ring substituents is 1. The Bertz CT molecular complexity index is 630. The van der Waals surface area contributed by atoms with Crippen LogP contribution < -0.4 is 5.32 Å². The third kappa shape index (κ3) is 5.69. The summed E-state index contributed by atoms with van der Waals surface area (Å²) in [6.45, 7) is -0.134. The zero-order valence-electron chi connectivity index (χ0n) is 12.3. The molecule has 1 amide bonds. The maximum Gasteiger partial charge on any atom is 0.305 e. The predicted molar refractivity (Wildman–Crippen MR) is 77.5 cm³/mol. The topological polar surface area (TPSA) is 142 Å². The molecule has 0 radical (unpaired) electrons. The Morgan fingerprint density at radius 2 is 1.87 bits per heavy atom. The van der Waals surface area contributed by atoms with E-state index in [1.165, 1.54) is 13.2 Å². The summed E-state index contributed by atoms with van der Waals surface area (Å²) < 4.78 is 4.43. The Morgan fingerprint density at radius 3 is 2.43 bits per heavy atom. The SMILES string of the molecule is COC(=O)CCCC(=O)NCc1ccc([N+](=O)[O-])cc1[N+](=O)[O-]. The van der Waals surface area contributed by atoms with Crippen molar-refractivity contribution in [2.24, 2.45) is 0 Å². The highest BCUT2D eigenvalue weighted by molar-refractivity contribution is 5.77. The van der Waals surface area contributed by atoms with Crippen molar-refractivity contribution in [3.05, 3.63) is 44.0 Å². The van der Waals surface area contributed by atoms with Gasteiger partial charge in [-0.25, -0.2) is 0 Å². The van der Waals surface area contributed by atoms with Gasteiger partial charge in [0.15, 0.2) is 0 Å². The van der Waals surface area contributed by atoms with E-state index < -0.39 is 27.2 Å². The first kappa shape index (κ1) is 18.0. The van der Waals surface area contributed by atoms with Gasteiger partial charge in [0.25, 0.3) is 11.4 Å². The normalized spacial score (nSPS) is 9.96. The number of hydrogen-bond acceptors (Lipinski definition) is 7. The number of benzene rings is 1. The van der Waals surface area contributed by atoms with Crippen LogP contribution in [0.3, 0.4) is 0 Å². The number of nitrogens with one attached hydrogen (secondary N) is 1. The molecule has 1 rings (SSSR count). The van der Waals surface area contributed by atoms with E-state index in [2.05, 4.69) is 10.1 Å². The van der Waals surface area contributed by atoms with Crippen LogP contribution in [0.2, 0.25) is 0 Å². The Balaban J connectivity index is 2.63. The number of rotatable bonds is 8. The highest BCUT2D eigenvalue weighted by atomic mass is 16.6. The van der Waals surface area contributed by atoms with Crippen LogP contribution in [0.25, 0.3) is 0 Å². The largest absolute Gasteiger partial charge is 0.469 e. The molecule has 10 nitrogen and oxygen atoms in total. The molecule has 23 heavy (non-hydrogen) atoms. The van der Waals surface area contributed by atoms with Crippen molar-refractivity contribution >= 4 is 23.3 Å². The van der Waals surface area contributed by atoms with Crippen LogP contribution >= 0.6 is 0 Å². The molecular weight excluding hydrogens is 310 g/mol. The first-order valence-electron chi connectivity index (χ1n) is 6.60. The van der Waals surface area contributed by atoms with Gasteiger partial charge in [0, 0.05) is 31.0 Å². The van der Waals surface area contributed by atoms with Crippen LogP contribution in [0.15, 0.2) is 18.2 Å². The lowest BCUT2D eigenvalue weighted by atomic mass is 10.1. The lowest BCUT2D eigenvalue weighted by molar-refractivity contribution is -0.394. The van der Waals surface area contributed by atoms with Crippen molar-refractivity contribution in [3.63, 3.8) is 0 Å². The number of ether oxygens (including phenoxy) is 1. The minimum Gasteiger partial charge on any atom is -0.469 e. The van der Waals surface area contributed by atoms with Crippen LogP contribution in [0.5, 0.6) is 0 Å². The number of carbonyl (C=O) groups excluding carboxylic acids is 2. The van der Waals surface area contributed by atoms with Crippen LogP contribution in [-0.4, -0.2) is 28.8 Å². The van der Waals surface area contributed by atoms with E-state index in [0.717, 1.165) is 12.1 Å². The first-order chi connectivity index (χ1) is 10.8. The summed E-state index contributed by atoms with van der Waals surface area (Å²) >= 11 is 0. The number of amides is 1. The number of carbonyl (C=O) groups is 2. The minimum absolute atomic E-state index is 0.0654. The molecule has 1 N–H and O–H groups in total. The van der Waals surface area contributed by atoms with Gasteiger partial charge in [0.1, 0.15) is 0 Å². The molecule has 0 bridgehead atoms. The molecule has 1 aromatic rings. The Labute approximate surface area is 130 Å². The van der Waals surface area contributed by atoms with Gasteiger partial charge in [-0.1, -0.05) is 0 Å². The fourth-order valence-electron chi connectivity index (χ4n) is 1.76.